The summed E-state index contributed by atoms with van der Waals surface area (Å²) in [5.41, 5.74) is 1.61. The number of carbonyl (C=O) groups is 2. The quantitative estimate of drug-likeness (QED) is 0.802. The molecule has 0 spiro atoms. The van der Waals surface area contributed by atoms with Crippen LogP contribution in [-0.4, -0.2) is 50.7 Å². The van der Waals surface area contributed by atoms with E-state index in [1.165, 1.54) is 0 Å². The van der Waals surface area contributed by atoms with Crippen molar-refractivity contribution >= 4 is 11.8 Å². The lowest BCUT2D eigenvalue weighted by atomic mass is 10.1. The van der Waals surface area contributed by atoms with Crippen LogP contribution in [0.2, 0.25) is 0 Å². The van der Waals surface area contributed by atoms with Crippen LogP contribution in [0.5, 0.6) is 0 Å². The number of amides is 2. The first kappa shape index (κ1) is 18.6. The van der Waals surface area contributed by atoms with Crippen LogP contribution >= 0.6 is 0 Å². The van der Waals surface area contributed by atoms with Crippen LogP contribution in [0.3, 0.4) is 0 Å². The van der Waals surface area contributed by atoms with Gasteiger partial charge in [-0.1, -0.05) is 37.3 Å². The molecule has 1 atom stereocenters. The van der Waals surface area contributed by atoms with Crippen molar-refractivity contribution in [2.45, 2.75) is 51.1 Å². The second-order valence-corrected chi connectivity index (χ2v) is 7.67. The molecule has 0 bridgehead atoms. The number of hydrogen-bond donors (Lipinski definition) is 0. The minimum Gasteiger partial charge on any atom is -0.336 e. The van der Waals surface area contributed by atoms with E-state index in [0.29, 0.717) is 37.5 Å². The zero-order chi connectivity index (χ0) is 19.5. The fourth-order valence-electron chi connectivity index (χ4n) is 3.74. The van der Waals surface area contributed by atoms with E-state index in [2.05, 4.69) is 16.9 Å². The van der Waals surface area contributed by atoms with Gasteiger partial charge in [0.25, 0.3) is 5.91 Å². The normalized spacial score (nSPS) is 20.2. The van der Waals surface area contributed by atoms with Gasteiger partial charge < -0.3 is 9.80 Å². The van der Waals surface area contributed by atoms with Crippen LogP contribution in [0, 0.1) is 0 Å². The van der Waals surface area contributed by atoms with E-state index < -0.39 is 0 Å². The van der Waals surface area contributed by atoms with Gasteiger partial charge in [0.05, 0.1) is 5.56 Å². The van der Waals surface area contributed by atoms with Crippen LogP contribution in [0.1, 0.15) is 60.3 Å². The Morgan fingerprint density at radius 1 is 1.14 bits per heavy atom. The average Bonchev–Trinajstić information content (AvgIpc) is 3.58. The van der Waals surface area contributed by atoms with Crippen molar-refractivity contribution in [3.05, 3.63) is 59.7 Å². The molecular weight excluding hydrogens is 352 g/mol. The summed E-state index contributed by atoms with van der Waals surface area (Å²) in [7, 11) is 0. The summed E-state index contributed by atoms with van der Waals surface area (Å²) >= 11 is 0. The Morgan fingerprint density at radius 2 is 1.86 bits per heavy atom. The van der Waals surface area contributed by atoms with Crippen LogP contribution in [0.25, 0.3) is 0 Å². The van der Waals surface area contributed by atoms with Crippen molar-refractivity contribution in [3.8, 4) is 0 Å². The lowest BCUT2D eigenvalue weighted by Crippen LogP contribution is -2.43. The van der Waals surface area contributed by atoms with Crippen molar-refractivity contribution in [1.29, 1.82) is 0 Å². The Bertz CT molecular complexity index is 833. The van der Waals surface area contributed by atoms with Crippen molar-refractivity contribution in [3.63, 3.8) is 0 Å². The molecule has 146 valence electrons. The molecule has 6 nitrogen and oxygen atoms in total. The minimum absolute atomic E-state index is 0.00538. The number of hydrogen-bond acceptors (Lipinski definition) is 4. The Kier molecular flexibility index (Phi) is 5.37. The highest BCUT2D eigenvalue weighted by molar-refractivity contribution is 5.94. The summed E-state index contributed by atoms with van der Waals surface area (Å²) in [5, 5.41) is 0. The molecule has 1 saturated carbocycles. The van der Waals surface area contributed by atoms with Crippen LogP contribution in [-0.2, 0) is 11.3 Å². The first-order chi connectivity index (χ1) is 13.7. The van der Waals surface area contributed by atoms with Gasteiger partial charge in [-0.25, -0.2) is 9.97 Å². The third-order valence-corrected chi connectivity index (χ3v) is 5.60. The van der Waals surface area contributed by atoms with Gasteiger partial charge >= 0.3 is 0 Å². The lowest BCUT2D eigenvalue weighted by Gasteiger charge is -2.31. The SMILES string of the molecule is CC[C@@H]1CN(C(=O)c2cnc(C3CC3)nc2)CCC(=O)N1Cc1ccccc1. The molecule has 1 aliphatic heterocycles. The second kappa shape index (κ2) is 8.09. The Balaban J connectivity index is 1.48. The standard InChI is InChI=1S/C22H26N4O2/c1-2-19-15-25(22(28)18-12-23-21(24-13-18)17-8-9-17)11-10-20(27)26(19)14-16-6-4-3-5-7-16/h3-7,12-13,17,19H,2,8-11,14-15H2,1H3/t19-/m1/s1. The summed E-state index contributed by atoms with van der Waals surface area (Å²) in [5.74, 6) is 1.32. The van der Waals surface area contributed by atoms with Crippen LogP contribution < -0.4 is 0 Å². The lowest BCUT2D eigenvalue weighted by molar-refractivity contribution is -0.133. The number of carbonyl (C=O) groups excluding carboxylic acids is 2. The first-order valence-electron chi connectivity index (χ1n) is 10.1. The molecule has 2 amide bonds. The zero-order valence-corrected chi connectivity index (χ0v) is 16.3. The van der Waals surface area contributed by atoms with Gasteiger partial charge in [0.2, 0.25) is 5.91 Å². The smallest absolute Gasteiger partial charge is 0.257 e. The molecule has 4 rings (SSSR count). The predicted molar refractivity (Wildman–Crippen MR) is 106 cm³/mol. The molecule has 2 aromatic rings. The third-order valence-electron chi connectivity index (χ3n) is 5.60. The molecular formula is C22H26N4O2. The summed E-state index contributed by atoms with van der Waals surface area (Å²) in [6, 6.07) is 10.0. The predicted octanol–water partition coefficient (Wildman–Crippen LogP) is 3.01. The first-order valence-corrected chi connectivity index (χ1v) is 10.1. The molecule has 1 aromatic heterocycles. The van der Waals surface area contributed by atoms with Gasteiger partial charge in [-0.05, 0) is 24.8 Å². The number of aromatic nitrogens is 2. The zero-order valence-electron chi connectivity index (χ0n) is 16.3. The molecule has 2 fully saturated rings. The molecule has 28 heavy (non-hydrogen) atoms. The number of benzene rings is 1. The minimum atomic E-state index is -0.0878. The molecule has 6 heteroatoms. The van der Waals surface area contributed by atoms with E-state index in [0.717, 1.165) is 30.7 Å². The van der Waals surface area contributed by atoms with Crippen molar-refractivity contribution in [1.82, 2.24) is 19.8 Å². The molecule has 1 aromatic carbocycles. The molecule has 2 aliphatic rings. The molecule has 0 radical (unpaired) electrons. The topological polar surface area (TPSA) is 66.4 Å². The highest BCUT2D eigenvalue weighted by atomic mass is 16.2. The largest absolute Gasteiger partial charge is 0.336 e. The van der Waals surface area contributed by atoms with Gasteiger partial charge in [0, 0.05) is 50.4 Å². The van der Waals surface area contributed by atoms with Crippen LogP contribution in [0.15, 0.2) is 42.7 Å². The number of rotatable bonds is 5. The maximum absolute atomic E-state index is 13.0. The molecule has 2 heterocycles. The van der Waals surface area contributed by atoms with E-state index in [9.17, 15) is 9.59 Å². The third kappa shape index (κ3) is 4.06. The summed E-state index contributed by atoms with van der Waals surface area (Å²) in [6.07, 6.45) is 6.69. The van der Waals surface area contributed by atoms with E-state index >= 15 is 0 Å². The van der Waals surface area contributed by atoms with Crippen molar-refractivity contribution < 1.29 is 9.59 Å². The number of nitrogens with zero attached hydrogens (tertiary/aromatic N) is 4. The van der Waals surface area contributed by atoms with E-state index in [-0.39, 0.29) is 17.9 Å². The summed E-state index contributed by atoms with van der Waals surface area (Å²) < 4.78 is 0. The summed E-state index contributed by atoms with van der Waals surface area (Å²) in [6.45, 7) is 3.62. The Hall–Kier alpha value is -2.76. The monoisotopic (exact) mass is 378 g/mol. The maximum Gasteiger partial charge on any atom is 0.257 e. The molecule has 1 saturated heterocycles. The highest BCUT2D eigenvalue weighted by Gasteiger charge is 2.32. The maximum atomic E-state index is 13.0. The van der Waals surface area contributed by atoms with Gasteiger partial charge in [-0.2, -0.15) is 0 Å². The van der Waals surface area contributed by atoms with Gasteiger partial charge in [-0.3, -0.25) is 9.59 Å². The second-order valence-electron chi connectivity index (χ2n) is 7.67. The van der Waals surface area contributed by atoms with E-state index in [1.807, 2.05) is 35.2 Å². The van der Waals surface area contributed by atoms with E-state index in [4.69, 9.17) is 0 Å². The van der Waals surface area contributed by atoms with Crippen molar-refractivity contribution in [2.75, 3.05) is 13.1 Å². The van der Waals surface area contributed by atoms with Crippen LogP contribution in [0.4, 0.5) is 0 Å². The fraction of sp³-hybridized carbons (Fsp3) is 0.455. The van der Waals surface area contributed by atoms with E-state index in [1.54, 1.807) is 17.3 Å². The highest BCUT2D eigenvalue weighted by Crippen LogP contribution is 2.37. The fourth-order valence-corrected chi connectivity index (χ4v) is 3.74. The molecule has 0 N–H and O–H groups in total. The Labute approximate surface area is 165 Å². The Morgan fingerprint density at radius 3 is 2.50 bits per heavy atom. The molecule has 0 unspecified atom stereocenters. The van der Waals surface area contributed by atoms with Gasteiger partial charge in [0.15, 0.2) is 0 Å². The summed E-state index contributed by atoms with van der Waals surface area (Å²) in [4.78, 5) is 38.2. The average molecular weight is 378 g/mol. The van der Waals surface area contributed by atoms with Crippen molar-refractivity contribution in [2.24, 2.45) is 0 Å². The van der Waals surface area contributed by atoms with Gasteiger partial charge in [0.1, 0.15) is 5.82 Å². The molecule has 1 aliphatic carbocycles. The van der Waals surface area contributed by atoms with Gasteiger partial charge in [-0.15, -0.1) is 0 Å².